The molecule has 0 spiro atoms. The number of halogens is 1. The first-order chi connectivity index (χ1) is 8.16. The molecule has 0 saturated carbocycles. The molecule has 0 amide bonds. The summed E-state index contributed by atoms with van der Waals surface area (Å²) in [6, 6.07) is 12.0. The van der Waals surface area contributed by atoms with Crippen molar-refractivity contribution in [1.29, 1.82) is 0 Å². The molecular weight excluding hydrogens is 252 g/mol. The van der Waals surface area contributed by atoms with E-state index in [1.165, 1.54) is 22.5 Å². The van der Waals surface area contributed by atoms with Gasteiger partial charge in [0.1, 0.15) is 0 Å². The molecule has 0 bridgehead atoms. The molecule has 1 N–H and O–H groups in total. The van der Waals surface area contributed by atoms with E-state index in [0.29, 0.717) is 0 Å². The molecule has 1 nitrogen and oxygen atoms in total. The maximum absolute atomic E-state index is 10.0. The van der Waals surface area contributed by atoms with Gasteiger partial charge in [-0.3, -0.25) is 0 Å². The number of aryl methyl sites for hydroxylation is 2. The van der Waals surface area contributed by atoms with Crippen molar-refractivity contribution in [3.8, 4) is 0 Å². The van der Waals surface area contributed by atoms with Crippen LogP contribution in [0, 0.1) is 6.92 Å². The lowest BCUT2D eigenvalue weighted by atomic mass is 10.0. The second-order valence-corrected chi connectivity index (χ2v) is 5.87. The second kappa shape index (κ2) is 5.67. The van der Waals surface area contributed by atoms with Crippen LogP contribution in [0.2, 0.25) is 4.34 Å². The molecule has 90 valence electrons. The molecule has 1 atom stereocenters. The van der Waals surface area contributed by atoms with Crippen molar-refractivity contribution in [3.05, 3.63) is 56.7 Å². The molecule has 1 unspecified atom stereocenters. The van der Waals surface area contributed by atoms with Gasteiger partial charge >= 0.3 is 0 Å². The van der Waals surface area contributed by atoms with Crippen molar-refractivity contribution in [2.45, 2.75) is 25.9 Å². The van der Waals surface area contributed by atoms with Crippen LogP contribution in [0.25, 0.3) is 0 Å². The van der Waals surface area contributed by atoms with E-state index in [-0.39, 0.29) is 0 Å². The van der Waals surface area contributed by atoms with Crippen LogP contribution in [0.4, 0.5) is 0 Å². The lowest BCUT2D eigenvalue weighted by Crippen LogP contribution is -1.98. The predicted molar refractivity (Wildman–Crippen MR) is 73.8 cm³/mol. The van der Waals surface area contributed by atoms with Crippen molar-refractivity contribution in [2.24, 2.45) is 0 Å². The number of aliphatic hydroxyl groups is 1. The minimum absolute atomic E-state index is 0.410. The highest BCUT2D eigenvalue weighted by Crippen LogP contribution is 2.29. The Kier molecular flexibility index (Phi) is 4.21. The molecule has 0 aliphatic rings. The van der Waals surface area contributed by atoms with Crippen LogP contribution in [0.5, 0.6) is 0 Å². The molecule has 3 heteroatoms. The number of hydrogen-bond donors (Lipinski definition) is 1. The summed E-state index contributed by atoms with van der Waals surface area (Å²) >= 11 is 7.30. The van der Waals surface area contributed by atoms with Gasteiger partial charge in [0.05, 0.1) is 10.4 Å². The summed E-state index contributed by atoms with van der Waals surface area (Å²) in [5.41, 5.74) is 2.58. The summed E-state index contributed by atoms with van der Waals surface area (Å²) in [5.74, 6) is 0. The summed E-state index contributed by atoms with van der Waals surface area (Å²) in [6.07, 6.45) is 1.22. The third kappa shape index (κ3) is 3.32. The molecule has 1 heterocycles. The lowest BCUT2D eigenvalue weighted by Gasteiger charge is -2.09. The first kappa shape index (κ1) is 12.6. The number of thiophene rings is 1. The largest absolute Gasteiger partial charge is 0.388 e. The van der Waals surface area contributed by atoms with E-state index in [1.54, 1.807) is 0 Å². The van der Waals surface area contributed by atoms with E-state index in [0.717, 1.165) is 22.1 Å². The zero-order valence-electron chi connectivity index (χ0n) is 9.69. The number of benzene rings is 1. The van der Waals surface area contributed by atoms with Gasteiger partial charge in [0.25, 0.3) is 0 Å². The molecule has 2 aromatic rings. The summed E-state index contributed by atoms with van der Waals surface area (Å²) < 4.78 is 0.731. The number of aliphatic hydroxyl groups excluding tert-OH is 1. The van der Waals surface area contributed by atoms with E-state index in [4.69, 9.17) is 11.6 Å². The summed E-state index contributed by atoms with van der Waals surface area (Å²) in [6.45, 7) is 2.10. The third-order valence-corrected chi connectivity index (χ3v) is 4.20. The van der Waals surface area contributed by atoms with E-state index in [9.17, 15) is 5.11 Å². The Morgan fingerprint density at radius 1 is 1.24 bits per heavy atom. The van der Waals surface area contributed by atoms with Gasteiger partial charge < -0.3 is 5.11 Å². The smallest absolute Gasteiger partial charge is 0.0932 e. The molecule has 0 aliphatic carbocycles. The van der Waals surface area contributed by atoms with Crippen LogP contribution in [-0.4, -0.2) is 5.11 Å². The average Bonchev–Trinajstić information content (AvgIpc) is 2.74. The van der Waals surface area contributed by atoms with Crippen LogP contribution in [0.15, 0.2) is 36.4 Å². The van der Waals surface area contributed by atoms with E-state index in [1.807, 2.05) is 24.3 Å². The number of rotatable bonds is 4. The molecule has 1 aromatic carbocycles. The van der Waals surface area contributed by atoms with Crippen LogP contribution >= 0.6 is 22.9 Å². The summed E-state index contributed by atoms with van der Waals surface area (Å²) in [4.78, 5) is 0.948. The monoisotopic (exact) mass is 266 g/mol. The average molecular weight is 267 g/mol. The van der Waals surface area contributed by atoms with Gasteiger partial charge in [-0.1, -0.05) is 35.9 Å². The third-order valence-electron chi connectivity index (χ3n) is 2.87. The van der Waals surface area contributed by atoms with Gasteiger partial charge in [-0.25, -0.2) is 0 Å². The van der Waals surface area contributed by atoms with Gasteiger partial charge in [0, 0.05) is 4.88 Å². The fourth-order valence-corrected chi connectivity index (χ4v) is 2.91. The van der Waals surface area contributed by atoms with Gasteiger partial charge in [0.2, 0.25) is 0 Å². The van der Waals surface area contributed by atoms with Crippen molar-refractivity contribution in [3.63, 3.8) is 0 Å². The number of hydrogen-bond acceptors (Lipinski definition) is 2. The quantitative estimate of drug-likeness (QED) is 0.871. The minimum atomic E-state index is -0.410. The van der Waals surface area contributed by atoms with Gasteiger partial charge in [-0.15, -0.1) is 11.3 Å². The van der Waals surface area contributed by atoms with E-state index in [2.05, 4.69) is 19.1 Å². The first-order valence-electron chi connectivity index (χ1n) is 5.64. The van der Waals surface area contributed by atoms with E-state index < -0.39 is 6.10 Å². The standard InChI is InChI=1S/C14H15ClOS/c1-10-4-2-3-5-11(10)6-7-12(16)13-8-9-14(15)17-13/h2-5,8-9,12,16H,6-7H2,1H3. The highest BCUT2D eigenvalue weighted by molar-refractivity contribution is 7.16. The van der Waals surface area contributed by atoms with Gasteiger partial charge in [0.15, 0.2) is 0 Å². The zero-order valence-corrected chi connectivity index (χ0v) is 11.3. The Balaban J connectivity index is 1.97. The molecule has 1 aromatic heterocycles. The van der Waals surface area contributed by atoms with Gasteiger partial charge in [-0.2, -0.15) is 0 Å². The van der Waals surface area contributed by atoms with Crippen molar-refractivity contribution < 1.29 is 5.11 Å². The normalized spacial score (nSPS) is 12.6. The maximum atomic E-state index is 10.0. The molecule has 2 rings (SSSR count). The first-order valence-corrected chi connectivity index (χ1v) is 6.84. The van der Waals surface area contributed by atoms with Crippen molar-refractivity contribution >= 4 is 22.9 Å². The topological polar surface area (TPSA) is 20.2 Å². The Bertz CT molecular complexity index is 492. The summed E-state index contributed by atoms with van der Waals surface area (Å²) in [5, 5.41) is 10.0. The Hall–Kier alpha value is -0.830. The van der Waals surface area contributed by atoms with Crippen LogP contribution in [-0.2, 0) is 6.42 Å². The van der Waals surface area contributed by atoms with Crippen LogP contribution in [0.3, 0.4) is 0 Å². The molecule has 0 radical (unpaired) electrons. The fraction of sp³-hybridized carbons (Fsp3) is 0.286. The molecular formula is C14H15ClOS. The lowest BCUT2D eigenvalue weighted by molar-refractivity contribution is 0.171. The molecule has 0 fully saturated rings. The van der Waals surface area contributed by atoms with Crippen LogP contribution in [0.1, 0.15) is 28.5 Å². The fourth-order valence-electron chi connectivity index (χ4n) is 1.83. The van der Waals surface area contributed by atoms with E-state index >= 15 is 0 Å². The molecule has 17 heavy (non-hydrogen) atoms. The second-order valence-electron chi connectivity index (χ2n) is 4.12. The minimum Gasteiger partial charge on any atom is -0.388 e. The highest BCUT2D eigenvalue weighted by Gasteiger charge is 2.10. The summed E-state index contributed by atoms with van der Waals surface area (Å²) in [7, 11) is 0. The van der Waals surface area contributed by atoms with Crippen molar-refractivity contribution in [2.75, 3.05) is 0 Å². The predicted octanol–water partition coefficient (Wildman–Crippen LogP) is 4.38. The highest BCUT2D eigenvalue weighted by atomic mass is 35.5. The van der Waals surface area contributed by atoms with Gasteiger partial charge in [-0.05, 0) is 43.0 Å². The maximum Gasteiger partial charge on any atom is 0.0932 e. The Labute approximate surface area is 111 Å². The molecule has 0 aliphatic heterocycles. The molecule has 0 saturated heterocycles. The Morgan fingerprint density at radius 2 is 2.00 bits per heavy atom. The van der Waals surface area contributed by atoms with Crippen molar-refractivity contribution in [1.82, 2.24) is 0 Å². The zero-order chi connectivity index (χ0) is 12.3. The SMILES string of the molecule is Cc1ccccc1CCC(O)c1ccc(Cl)s1. The Morgan fingerprint density at radius 3 is 2.65 bits per heavy atom. The van der Waals surface area contributed by atoms with Crippen LogP contribution < -0.4 is 0 Å².